The lowest BCUT2D eigenvalue weighted by molar-refractivity contribution is -0.118. The Morgan fingerprint density at radius 1 is 1.21 bits per heavy atom. The van der Waals surface area contributed by atoms with E-state index in [1.807, 2.05) is 0 Å². The second-order valence-corrected chi connectivity index (χ2v) is 3.75. The van der Waals surface area contributed by atoms with Crippen molar-refractivity contribution in [2.45, 2.75) is 51.9 Å². The second-order valence-electron chi connectivity index (χ2n) is 3.75. The van der Waals surface area contributed by atoms with Crippen LogP contribution in [-0.2, 0) is 4.79 Å². The molecule has 0 rings (SSSR count). The minimum Gasteiger partial charge on any atom is -0.396 e. The van der Waals surface area contributed by atoms with Gasteiger partial charge in [0.15, 0.2) is 0 Å². The van der Waals surface area contributed by atoms with Crippen LogP contribution in [0, 0.1) is 0 Å². The molecule has 0 aromatic rings. The van der Waals surface area contributed by atoms with E-state index in [0.717, 1.165) is 37.7 Å². The molecule has 0 bridgehead atoms. The molecule has 0 amide bonds. The number of hydrogen-bond donors (Lipinski definition) is 1. The van der Waals surface area contributed by atoms with Crippen molar-refractivity contribution in [2.75, 3.05) is 6.61 Å². The van der Waals surface area contributed by atoms with E-state index in [4.69, 9.17) is 5.11 Å². The molecule has 0 atom stereocenters. The third kappa shape index (κ3) is 7.99. The van der Waals surface area contributed by atoms with Gasteiger partial charge in [0.2, 0.25) is 0 Å². The number of ketones is 1. The molecule has 14 heavy (non-hydrogen) atoms. The highest BCUT2D eigenvalue weighted by Gasteiger charge is 2.03. The molecular formula is C12H22O2. The molecule has 0 aliphatic heterocycles. The molecule has 0 aliphatic carbocycles. The van der Waals surface area contributed by atoms with Gasteiger partial charge in [-0.25, -0.2) is 0 Å². The van der Waals surface area contributed by atoms with Crippen LogP contribution in [0.3, 0.4) is 0 Å². The summed E-state index contributed by atoms with van der Waals surface area (Å²) in [6.07, 6.45) is 5.91. The van der Waals surface area contributed by atoms with Crippen LogP contribution in [0.25, 0.3) is 0 Å². The zero-order chi connectivity index (χ0) is 10.8. The van der Waals surface area contributed by atoms with E-state index in [1.54, 1.807) is 0 Å². The van der Waals surface area contributed by atoms with Gasteiger partial charge >= 0.3 is 0 Å². The number of hydrogen-bond acceptors (Lipinski definition) is 2. The summed E-state index contributed by atoms with van der Waals surface area (Å²) in [7, 11) is 0. The lowest BCUT2D eigenvalue weighted by Gasteiger charge is -2.03. The molecule has 82 valence electrons. The zero-order valence-electron chi connectivity index (χ0n) is 9.22. The Bertz CT molecular complexity index is 173. The van der Waals surface area contributed by atoms with Crippen molar-refractivity contribution < 1.29 is 9.90 Å². The molecule has 1 N–H and O–H groups in total. The molecule has 0 saturated heterocycles. The summed E-state index contributed by atoms with van der Waals surface area (Å²) in [5.41, 5.74) is 1.01. The van der Waals surface area contributed by atoms with E-state index in [0.29, 0.717) is 18.6 Å². The highest BCUT2D eigenvalue weighted by Crippen LogP contribution is 2.11. The van der Waals surface area contributed by atoms with Crippen molar-refractivity contribution in [1.29, 1.82) is 0 Å². The maximum atomic E-state index is 11.3. The summed E-state index contributed by atoms with van der Waals surface area (Å²) in [5.74, 6) is 0.306. The maximum absolute atomic E-state index is 11.3. The quantitative estimate of drug-likeness (QED) is 0.457. The molecule has 2 nitrogen and oxygen atoms in total. The van der Waals surface area contributed by atoms with Gasteiger partial charge in [0.1, 0.15) is 5.78 Å². The monoisotopic (exact) mass is 198 g/mol. The van der Waals surface area contributed by atoms with E-state index >= 15 is 0 Å². The summed E-state index contributed by atoms with van der Waals surface area (Å²) in [6.45, 7) is 6.19. The number of allylic oxidation sites excluding steroid dienone is 1. The van der Waals surface area contributed by atoms with Crippen molar-refractivity contribution in [2.24, 2.45) is 0 Å². The number of unbranched alkanes of at least 4 members (excludes halogenated alkanes) is 2. The first-order valence-electron chi connectivity index (χ1n) is 5.50. The Morgan fingerprint density at radius 3 is 2.50 bits per heavy atom. The van der Waals surface area contributed by atoms with Crippen molar-refractivity contribution in [3.8, 4) is 0 Å². The normalized spacial score (nSPS) is 10.1. The van der Waals surface area contributed by atoms with Crippen LogP contribution in [0.15, 0.2) is 12.2 Å². The average Bonchev–Trinajstić information content (AvgIpc) is 2.15. The minimum atomic E-state index is 0.233. The minimum absolute atomic E-state index is 0.233. The third-order valence-electron chi connectivity index (χ3n) is 2.19. The summed E-state index contributed by atoms with van der Waals surface area (Å²) in [4.78, 5) is 11.3. The molecule has 0 spiro atoms. The highest BCUT2D eigenvalue weighted by atomic mass is 16.2. The fourth-order valence-corrected chi connectivity index (χ4v) is 1.32. The van der Waals surface area contributed by atoms with Crippen LogP contribution in [0.1, 0.15) is 51.9 Å². The van der Waals surface area contributed by atoms with Gasteiger partial charge in [0.25, 0.3) is 0 Å². The van der Waals surface area contributed by atoms with Crippen LogP contribution in [0.5, 0.6) is 0 Å². The van der Waals surface area contributed by atoms with Gasteiger partial charge in [-0.2, -0.15) is 0 Å². The lowest BCUT2D eigenvalue weighted by atomic mass is 10.0. The lowest BCUT2D eigenvalue weighted by Crippen LogP contribution is -1.99. The number of rotatable bonds is 9. The van der Waals surface area contributed by atoms with Gasteiger partial charge in [-0.05, 0) is 25.7 Å². The fraction of sp³-hybridized carbons (Fsp3) is 0.750. The predicted octanol–water partition coefficient (Wildman–Crippen LogP) is 2.85. The first kappa shape index (κ1) is 13.4. The Labute approximate surface area is 87.0 Å². The second kappa shape index (κ2) is 8.95. The van der Waals surface area contributed by atoms with Gasteiger partial charge in [-0.15, -0.1) is 0 Å². The van der Waals surface area contributed by atoms with Crippen LogP contribution in [0.4, 0.5) is 0 Å². The zero-order valence-corrected chi connectivity index (χ0v) is 9.22. The molecule has 0 aromatic carbocycles. The molecule has 0 aliphatic rings. The standard InChI is InChI=1S/C12H22O2/c1-3-4-8-12(14)10-11(2)7-5-6-9-13/h13H,2-10H2,1H3. The molecule has 0 unspecified atom stereocenters. The third-order valence-corrected chi connectivity index (χ3v) is 2.19. The van der Waals surface area contributed by atoms with Crippen molar-refractivity contribution in [3.63, 3.8) is 0 Å². The average molecular weight is 198 g/mol. The van der Waals surface area contributed by atoms with Gasteiger partial charge in [0, 0.05) is 19.4 Å². The number of carbonyl (C=O) groups is 1. The summed E-state index contributed by atoms with van der Waals surface area (Å²) < 4.78 is 0. The number of carbonyl (C=O) groups excluding carboxylic acids is 1. The van der Waals surface area contributed by atoms with Crippen LogP contribution < -0.4 is 0 Å². The maximum Gasteiger partial charge on any atom is 0.136 e. The number of Topliss-reactive ketones (excluding diaryl/α,β-unsaturated/α-hetero) is 1. The van der Waals surface area contributed by atoms with Crippen LogP contribution in [0.2, 0.25) is 0 Å². The first-order valence-corrected chi connectivity index (χ1v) is 5.50. The Morgan fingerprint density at radius 2 is 1.93 bits per heavy atom. The van der Waals surface area contributed by atoms with E-state index in [-0.39, 0.29) is 6.61 Å². The summed E-state index contributed by atoms with van der Waals surface area (Å²) in [6, 6.07) is 0. The first-order chi connectivity index (χ1) is 6.70. The van der Waals surface area contributed by atoms with E-state index in [9.17, 15) is 4.79 Å². The molecule has 2 heteroatoms. The van der Waals surface area contributed by atoms with Crippen LogP contribution >= 0.6 is 0 Å². The van der Waals surface area contributed by atoms with E-state index in [1.165, 1.54) is 0 Å². The molecule has 0 heterocycles. The van der Waals surface area contributed by atoms with E-state index in [2.05, 4.69) is 13.5 Å². The fourth-order valence-electron chi connectivity index (χ4n) is 1.32. The largest absolute Gasteiger partial charge is 0.396 e. The number of aliphatic hydroxyl groups is 1. The van der Waals surface area contributed by atoms with Gasteiger partial charge in [0.05, 0.1) is 0 Å². The number of aliphatic hydroxyl groups excluding tert-OH is 1. The summed E-state index contributed by atoms with van der Waals surface area (Å²) >= 11 is 0. The smallest absolute Gasteiger partial charge is 0.136 e. The molecule has 0 saturated carbocycles. The predicted molar refractivity (Wildman–Crippen MR) is 59.2 cm³/mol. The Balaban J connectivity index is 3.45. The molecule has 0 radical (unpaired) electrons. The van der Waals surface area contributed by atoms with Gasteiger partial charge in [-0.3, -0.25) is 4.79 Å². The topological polar surface area (TPSA) is 37.3 Å². The SMILES string of the molecule is C=C(CCCCO)CC(=O)CCCC. The van der Waals surface area contributed by atoms with Crippen molar-refractivity contribution in [3.05, 3.63) is 12.2 Å². The Kier molecular flexibility index (Phi) is 8.54. The van der Waals surface area contributed by atoms with Crippen molar-refractivity contribution >= 4 is 5.78 Å². The molecule has 0 aromatic heterocycles. The van der Waals surface area contributed by atoms with Gasteiger partial charge < -0.3 is 5.11 Å². The molecular weight excluding hydrogens is 176 g/mol. The van der Waals surface area contributed by atoms with Crippen molar-refractivity contribution in [1.82, 2.24) is 0 Å². The highest BCUT2D eigenvalue weighted by molar-refractivity contribution is 5.80. The summed E-state index contributed by atoms with van der Waals surface area (Å²) in [5, 5.41) is 8.58. The Hall–Kier alpha value is -0.630. The van der Waals surface area contributed by atoms with Gasteiger partial charge in [-0.1, -0.05) is 25.5 Å². The van der Waals surface area contributed by atoms with E-state index < -0.39 is 0 Å². The molecule has 0 fully saturated rings. The van der Waals surface area contributed by atoms with Crippen LogP contribution in [-0.4, -0.2) is 17.5 Å².